The van der Waals surface area contributed by atoms with Crippen molar-refractivity contribution in [2.24, 2.45) is 7.05 Å². The number of halogens is 3. The molecule has 0 fully saturated rings. The number of fused-ring (bicyclic) bond motifs is 1. The molecule has 1 N–H and O–H groups in total. The van der Waals surface area contributed by atoms with E-state index in [0.717, 1.165) is 39.2 Å². The van der Waals surface area contributed by atoms with Gasteiger partial charge >= 0.3 is 12.1 Å². The highest BCUT2D eigenvalue weighted by molar-refractivity contribution is 7.98. The third kappa shape index (κ3) is 4.65. The molecule has 8 heteroatoms. The average Bonchev–Trinajstić information content (AvgIpc) is 3.09. The minimum atomic E-state index is -4.38. The fraction of sp³-hybridized carbons (Fsp3) is 0.167. The topological polar surface area (TPSA) is 55.1 Å². The van der Waals surface area contributed by atoms with Crippen molar-refractivity contribution in [2.45, 2.75) is 23.2 Å². The van der Waals surface area contributed by atoms with Gasteiger partial charge in [-0.25, -0.2) is 4.98 Å². The van der Waals surface area contributed by atoms with Gasteiger partial charge in [0.1, 0.15) is 5.82 Å². The van der Waals surface area contributed by atoms with Crippen LogP contribution in [-0.4, -0.2) is 20.6 Å². The van der Waals surface area contributed by atoms with Crippen LogP contribution < -0.4 is 0 Å². The molecule has 0 aliphatic carbocycles. The number of aliphatic carboxylic acids is 1. The molecule has 0 aliphatic rings. The third-order valence-corrected chi connectivity index (χ3v) is 6.16. The predicted molar refractivity (Wildman–Crippen MR) is 118 cm³/mol. The largest absolute Gasteiger partial charge is 0.481 e. The second-order valence-corrected chi connectivity index (χ2v) is 8.41. The normalized spacial score (nSPS) is 11.8. The Labute approximate surface area is 186 Å². The highest BCUT2D eigenvalue weighted by Crippen LogP contribution is 2.33. The first kappa shape index (κ1) is 22.0. The van der Waals surface area contributed by atoms with Gasteiger partial charge in [-0.3, -0.25) is 4.79 Å². The molecule has 3 aromatic carbocycles. The highest BCUT2D eigenvalue weighted by Gasteiger charge is 2.30. The molecule has 0 unspecified atom stereocenters. The third-order valence-electron chi connectivity index (χ3n) is 5.11. The summed E-state index contributed by atoms with van der Waals surface area (Å²) in [5.74, 6) is 0.341. The van der Waals surface area contributed by atoms with Gasteiger partial charge in [-0.05, 0) is 41.5 Å². The van der Waals surface area contributed by atoms with Crippen molar-refractivity contribution < 1.29 is 23.1 Å². The zero-order valence-corrected chi connectivity index (χ0v) is 17.9. The van der Waals surface area contributed by atoms with Crippen LogP contribution in [0.3, 0.4) is 0 Å². The molecule has 0 atom stereocenters. The first-order valence-electron chi connectivity index (χ1n) is 9.78. The van der Waals surface area contributed by atoms with Crippen molar-refractivity contribution in [2.75, 3.05) is 0 Å². The maximum absolute atomic E-state index is 12.9. The Bertz CT molecular complexity index is 1280. The van der Waals surface area contributed by atoms with Crippen LogP contribution in [0.25, 0.3) is 22.4 Å². The van der Waals surface area contributed by atoms with E-state index in [1.807, 2.05) is 48.0 Å². The molecule has 4 rings (SSSR count). The van der Waals surface area contributed by atoms with E-state index in [0.29, 0.717) is 17.1 Å². The lowest BCUT2D eigenvalue weighted by Crippen LogP contribution is -2.04. The molecular weight excluding hydrogens is 437 g/mol. The summed E-state index contributed by atoms with van der Waals surface area (Å²) in [5.41, 5.74) is 3.32. The number of aromatic nitrogens is 2. The number of para-hydroxylation sites is 1. The van der Waals surface area contributed by atoms with Gasteiger partial charge in [-0.2, -0.15) is 13.2 Å². The number of rotatable bonds is 6. The second-order valence-electron chi connectivity index (χ2n) is 7.36. The number of nitrogens with zero attached hydrogens (tertiary/aromatic N) is 2. The van der Waals surface area contributed by atoms with E-state index in [1.54, 1.807) is 17.8 Å². The SMILES string of the molecule is Cn1c(-c2ccc(C(F)(F)F)cc2)nc2c(CSc3cccc(CC(=O)O)c3)cccc21. The van der Waals surface area contributed by atoms with E-state index in [2.05, 4.69) is 0 Å². The van der Waals surface area contributed by atoms with E-state index in [9.17, 15) is 18.0 Å². The van der Waals surface area contributed by atoms with Crippen molar-refractivity contribution in [3.8, 4) is 11.4 Å². The van der Waals surface area contributed by atoms with E-state index in [4.69, 9.17) is 10.1 Å². The van der Waals surface area contributed by atoms with Gasteiger partial charge in [0.2, 0.25) is 0 Å². The molecule has 0 radical (unpaired) electrons. The molecule has 0 saturated heterocycles. The molecule has 164 valence electrons. The zero-order valence-electron chi connectivity index (χ0n) is 17.1. The van der Waals surface area contributed by atoms with E-state index >= 15 is 0 Å². The van der Waals surface area contributed by atoms with Crippen molar-refractivity contribution >= 4 is 28.8 Å². The molecule has 1 heterocycles. The Morgan fingerprint density at radius 3 is 2.47 bits per heavy atom. The van der Waals surface area contributed by atoms with Crippen LogP contribution in [0, 0.1) is 0 Å². The fourth-order valence-corrected chi connectivity index (χ4v) is 4.50. The van der Waals surface area contributed by atoms with Crippen LogP contribution in [0.1, 0.15) is 16.7 Å². The van der Waals surface area contributed by atoms with Gasteiger partial charge in [0.25, 0.3) is 0 Å². The standard InChI is InChI=1S/C24H19F3N2O2S/c1-29-20-7-3-5-17(14-32-19-6-2-4-15(12-19)13-21(30)31)22(20)28-23(29)16-8-10-18(11-9-16)24(25,26)27/h2-12H,13-14H2,1H3,(H,30,31). The van der Waals surface area contributed by atoms with Crippen LogP contribution >= 0.6 is 11.8 Å². The van der Waals surface area contributed by atoms with Gasteiger partial charge < -0.3 is 9.67 Å². The number of carbonyl (C=O) groups is 1. The Morgan fingerprint density at radius 2 is 1.78 bits per heavy atom. The monoisotopic (exact) mass is 456 g/mol. The van der Waals surface area contributed by atoms with Gasteiger partial charge in [0.15, 0.2) is 0 Å². The quantitative estimate of drug-likeness (QED) is 0.352. The average molecular weight is 456 g/mol. The summed E-state index contributed by atoms with van der Waals surface area (Å²) in [4.78, 5) is 16.6. The Morgan fingerprint density at radius 1 is 1.06 bits per heavy atom. The van der Waals surface area contributed by atoms with Gasteiger partial charge in [0.05, 0.1) is 23.0 Å². The number of carboxylic acid groups (broad SMARTS) is 1. The fourth-order valence-electron chi connectivity index (χ4n) is 3.54. The highest BCUT2D eigenvalue weighted by atomic mass is 32.2. The summed E-state index contributed by atoms with van der Waals surface area (Å²) in [6.07, 6.45) is -4.41. The number of thioether (sulfide) groups is 1. The number of carboxylic acids is 1. The summed E-state index contributed by atoms with van der Waals surface area (Å²) in [6, 6.07) is 18.3. The Balaban J connectivity index is 1.61. The first-order valence-corrected chi connectivity index (χ1v) is 10.8. The summed E-state index contributed by atoms with van der Waals surface area (Å²) in [7, 11) is 1.84. The Kier molecular flexibility index (Phi) is 5.97. The lowest BCUT2D eigenvalue weighted by molar-refractivity contribution is -0.138. The summed E-state index contributed by atoms with van der Waals surface area (Å²) >= 11 is 1.58. The maximum Gasteiger partial charge on any atom is 0.416 e. The van der Waals surface area contributed by atoms with E-state index < -0.39 is 17.7 Å². The predicted octanol–water partition coefficient (Wildman–Crippen LogP) is 6.18. The lowest BCUT2D eigenvalue weighted by atomic mass is 10.1. The second kappa shape index (κ2) is 8.70. The number of alkyl halides is 3. The minimum Gasteiger partial charge on any atom is -0.481 e. The molecule has 0 amide bonds. The maximum atomic E-state index is 12.9. The smallest absolute Gasteiger partial charge is 0.416 e. The minimum absolute atomic E-state index is 0.0271. The molecule has 0 spiro atoms. The summed E-state index contributed by atoms with van der Waals surface area (Å²) < 4.78 is 40.5. The van der Waals surface area contributed by atoms with Gasteiger partial charge in [-0.1, -0.05) is 36.4 Å². The van der Waals surface area contributed by atoms with Crippen molar-refractivity contribution in [1.29, 1.82) is 0 Å². The van der Waals surface area contributed by atoms with Crippen LogP contribution in [0.4, 0.5) is 13.2 Å². The molecule has 32 heavy (non-hydrogen) atoms. The van der Waals surface area contributed by atoms with Crippen LogP contribution in [0.5, 0.6) is 0 Å². The van der Waals surface area contributed by atoms with E-state index in [-0.39, 0.29) is 6.42 Å². The molecule has 0 aliphatic heterocycles. The van der Waals surface area contributed by atoms with Crippen LogP contribution in [-0.2, 0) is 30.2 Å². The lowest BCUT2D eigenvalue weighted by Gasteiger charge is -2.07. The number of benzene rings is 3. The molecule has 4 aromatic rings. The summed E-state index contributed by atoms with van der Waals surface area (Å²) in [6.45, 7) is 0. The molecular formula is C24H19F3N2O2S. The number of hydrogen-bond donors (Lipinski definition) is 1. The van der Waals surface area contributed by atoms with E-state index in [1.165, 1.54) is 12.1 Å². The van der Waals surface area contributed by atoms with Gasteiger partial charge in [-0.15, -0.1) is 11.8 Å². The molecule has 0 bridgehead atoms. The first-order chi connectivity index (χ1) is 15.2. The number of aryl methyl sites for hydroxylation is 1. The van der Waals surface area contributed by atoms with Gasteiger partial charge in [0, 0.05) is 23.3 Å². The molecule has 0 saturated carbocycles. The number of imidazole rings is 1. The molecule has 1 aromatic heterocycles. The van der Waals surface area contributed by atoms with Crippen molar-refractivity contribution in [1.82, 2.24) is 9.55 Å². The van der Waals surface area contributed by atoms with Crippen LogP contribution in [0.2, 0.25) is 0 Å². The van der Waals surface area contributed by atoms with Crippen LogP contribution in [0.15, 0.2) is 71.6 Å². The Hall–Kier alpha value is -3.26. The van der Waals surface area contributed by atoms with Crippen molar-refractivity contribution in [3.05, 3.63) is 83.4 Å². The molecule has 4 nitrogen and oxygen atoms in total. The number of hydrogen-bond acceptors (Lipinski definition) is 3. The van der Waals surface area contributed by atoms with Crippen molar-refractivity contribution in [3.63, 3.8) is 0 Å². The zero-order chi connectivity index (χ0) is 22.9. The summed E-state index contributed by atoms with van der Waals surface area (Å²) in [5, 5.41) is 8.99.